The fraction of sp³-hybridized carbons (Fsp3) is 0.579. The Morgan fingerprint density at radius 3 is 2.80 bits per heavy atom. The Bertz CT molecular complexity index is 610. The van der Waals surface area contributed by atoms with Crippen LogP contribution in [0.1, 0.15) is 31.7 Å². The summed E-state index contributed by atoms with van der Waals surface area (Å²) in [6.07, 6.45) is 2.40. The van der Waals surface area contributed by atoms with Crippen molar-refractivity contribution in [1.29, 1.82) is 0 Å². The zero-order chi connectivity index (χ0) is 17.8. The maximum Gasteiger partial charge on any atom is 0.225 e. The molecule has 1 aromatic rings. The number of nitrogens with one attached hydrogen (secondary N) is 1. The van der Waals surface area contributed by atoms with Crippen LogP contribution in [0.2, 0.25) is 0 Å². The predicted molar refractivity (Wildman–Crippen MR) is 93.1 cm³/mol. The van der Waals surface area contributed by atoms with Gasteiger partial charge in [0.2, 0.25) is 11.8 Å². The van der Waals surface area contributed by atoms with E-state index in [2.05, 4.69) is 5.32 Å². The zero-order valence-electron chi connectivity index (χ0n) is 14.9. The molecule has 0 spiro atoms. The highest BCUT2D eigenvalue weighted by Crippen LogP contribution is 2.22. The molecule has 3 rings (SSSR count). The summed E-state index contributed by atoms with van der Waals surface area (Å²) in [5.74, 6) is 0.487. The van der Waals surface area contributed by atoms with Crippen LogP contribution in [0.5, 0.6) is 5.75 Å². The highest BCUT2D eigenvalue weighted by atomic mass is 16.5. The standard InChI is InChI=1S/C19H26N2O4/c1-13(17-4-3-9-25-17)20-19(23)15-10-18(22)21(12-15)11-14-5-7-16(24-2)8-6-14/h5-8,13,15,17H,3-4,9-12H2,1-2H3,(H,20,23). The summed E-state index contributed by atoms with van der Waals surface area (Å²) in [6, 6.07) is 7.63. The minimum Gasteiger partial charge on any atom is -0.497 e. The number of amides is 2. The number of rotatable bonds is 6. The van der Waals surface area contributed by atoms with Crippen molar-refractivity contribution in [2.75, 3.05) is 20.3 Å². The molecule has 2 heterocycles. The highest BCUT2D eigenvalue weighted by molar-refractivity contribution is 5.89. The number of carbonyl (C=O) groups is 2. The van der Waals surface area contributed by atoms with E-state index in [1.165, 1.54) is 0 Å². The molecule has 0 saturated carbocycles. The fourth-order valence-electron chi connectivity index (χ4n) is 3.48. The molecule has 3 unspecified atom stereocenters. The number of nitrogens with zero attached hydrogens (tertiary/aromatic N) is 1. The lowest BCUT2D eigenvalue weighted by atomic mass is 10.1. The number of hydrogen-bond acceptors (Lipinski definition) is 4. The van der Waals surface area contributed by atoms with E-state index < -0.39 is 0 Å². The molecule has 2 aliphatic rings. The number of carbonyl (C=O) groups excluding carboxylic acids is 2. The predicted octanol–water partition coefficient (Wildman–Crippen LogP) is 1.73. The largest absolute Gasteiger partial charge is 0.497 e. The van der Waals surface area contributed by atoms with Gasteiger partial charge in [0, 0.05) is 26.1 Å². The van der Waals surface area contributed by atoms with Crippen LogP contribution in [0.25, 0.3) is 0 Å². The molecule has 0 bridgehead atoms. The van der Waals surface area contributed by atoms with Crippen LogP contribution < -0.4 is 10.1 Å². The van der Waals surface area contributed by atoms with Crippen LogP contribution in [0.3, 0.4) is 0 Å². The summed E-state index contributed by atoms with van der Waals surface area (Å²) >= 11 is 0. The van der Waals surface area contributed by atoms with E-state index in [-0.39, 0.29) is 36.3 Å². The lowest BCUT2D eigenvalue weighted by Crippen LogP contribution is -2.44. The lowest BCUT2D eigenvalue weighted by molar-refractivity contribution is -0.129. The Balaban J connectivity index is 1.53. The molecule has 1 aromatic carbocycles. The van der Waals surface area contributed by atoms with Crippen LogP contribution in [-0.4, -0.2) is 49.1 Å². The third-order valence-electron chi connectivity index (χ3n) is 5.01. The van der Waals surface area contributed by atoms with E-state index in [0.717, 1.165) is 30.8 Å². The molecule has 3 atom stereocenters. The molecule has 2 saturated heterocycles. The summed E-state index contributed by atoms with van der Waals surface area (Å²) in [5.41, 5.74) is 1.03. The minimum atomic E-state index is -0.283. The van der Waals surface area contributed by atoms with Crippen molar-refractivity contribution in [3.8, 4) is 5.75 Å². The normalized spacial score (nSPS) is 24.4. The Hall–Kier alpha value is -2.08. The second-order valence-electron chi connectivity index (χ2n) is 6.87. The SMILES string of the molecule is COc1ccc(CN2CC(C(=O)NC(C)C3CCCO3)CC2=O)cc1. The maximum absolute atomic E-state index is 12.5. The molecular weight excluding hydrogens is 320 g/mol. The van der Waals surface area contributed by atoms with Gasteiger partial charge in [-0.1, -0.05) is 12.1 Å². The Kier molecular flexibility index (Phi) is 5.58. The van der Waals surface area contributed by atoms with E-state index in [0.29, 0.717) is 13.1 Å². The number of hydrogen-bond donors (Lipinski definition) is 1. The Labute approximate surface area is 148 Å². The van der Waals surface area contributed by atoms with Gasteiger partial charge in [-0.05, 0) is 37.5 Å². The molecule has 6 nitrogen and oxygen atoms in total. The highest BCUT2D eigenvalue weighted by Gasteiger charge is 2.35. The van der Waals surface area contributed by atoms with Gasteiger partial charge in [0.1, 0.15) is 5.75 Å². The summed E-state index contributed by atoms with van der Waals surface area (Å²) in [4.78, 5) is 26.5. The first-order chi connectivity index (χ1) is 12.1. The van der Waals surface area contributed by atoms with Gasteiger partial charge in [-0.25, -0.2) is 0 Å². The van der Waals surface area contributed by atoms with Crippen molar-refractivity contribution in [1.82, 2.24) is 10.2 Å². The molecule has 2 fully saturated rings. The van der Waals surface area contributed by atoms with Crippen LogP contribution in [0.4, 0.5) is 0 Å². The van der Waals surface area contributed by atoms with Crippen molar-refractivity contribution in [3.05, 3.63) is 29.8 Å². The van der Waals surface area contributed by atoms with Crippen molar-refractivity contribution in [3.63, 3.8) is 0 Å². The van der Waals surface area contributed by atoms with Crippen LogP contribution in [0.15, 0.2) is 24.3 Å². The Morgan fingerprint density at radius 1 is 1.40 bits per heavy atom. The molecule has 25 heavy (non-hydrogen) atoms. The average molecular weight is 346 g/mol. The lowest BCUT2D eigenvalue weighted by Gasteiger charge is -2.22. The second kappa shape index (κ2) is 7.87. The topological polar surface area (TPSA) is 67.9 Å². The minimum absolute atomic E-state index is 0.0132. The van der Waals surface area contributed by atoms with Gasteiger partial charge in [-0.15, -0.1) is 0 Å². The van der Waals surface area contributed by atoms with Crippen LogP contribution in [0, 0.1) is 5.92 Å². The number of methoxy groups -OCH3 is 1. The fourth-order valence-corrected chi connectivity index (χ4v) is 3.48. The summed E-state index contributed by atoms with van der Waals surface area (Å²) in [5, 5.41) is 3.02. The zero-order valence-corrected chi connectivity index (χ0v) is 14.9. The van der Waals surface area contributed by atoms with E-state index in [1.807, 2.05) is 31.2 Å². The number of ether oxygens (including phenoxy) is 2. The molecule has 2 aliphatic heterocycles. The van der Waals surface area contributed by atoms with Crippen molar-refractivity contribution >= 4 is 11.8 Å². The van der Waals surface area contributed by atoms with E-state index >= 15 is 0 Å². The molecule has 0 aliphatic carbocycles. The van der Waals surface area contributed by atoms with Gasteiger partial charge in [-0.2, -0.15) is 0 Å². The van der Waals surface area contributed by atoms with E-state index in [9.17, 15) is 9.59 Å². The maximum atomic E-state index is 12.5. The quantitative estimate of drug-likeness (QED) is 0.852. The van der Waals surface area contributed by atoms with Gasteiger partial charge in [0.15, 0.2) is 0 Å². The number of benzene rings is 1. The van der Waals surface area contributed by atoms with Gasteiger partial charge in [0.05, 0.1) is 25.2 Å². The van der Waals surface area contributed by atoms with E-state index in [4.69, 9.17) is 9.47 Å². The monoisotopic (exact) mass is 346 g/mol. The van der Waals surface area contributed by atoms with Crippen LogP contribution in [-0.2, 0) is 20.9 Å². The van der Waals surface area contributed by atoms with Gasteiger partial charge < -0.3 is 19.7 Å². The third-order valence-corrected chi connectivity index (χ3v) is 5.01. The van der Waals surface area contributed by atoms with Crippen LogP contribution >= 0.6 is 0 Å². The molecule has 0 radical (unpaired) electrons. The molecule has 6 heteroatoms. The second-order valence-corrected chi connectivity index (χ2v) is 6.87. The van der Waals surface area contributed by atoms with Gasteiger partial charge in [0.25, 0.3) is 0 Å². The van der Waals surface area contributed by atoms with E-state index in [1.54, 1.807) is 12.0 Å². The van der Waals surface area contributed by atoms with Gasteiger partial charge >= 0.3 is 0 Å². The average Bonchev–Trinajstić information content (AvgIpc) is 3.26. The summed E-state index contributed by atoms with van der Waals surface area (Å²) in [6.45, 7) is 3.73. The molecule has 2 amide bonds. The first kappa shape index (κ1) is 17.7. The number of likely N-dealkylation sites (tertiary alicyclic amines) is 1. The Morgan fingerprint density at radius 2 is 2.16 bits per heavy atom. The first-order valence-corrected chi connectivity index (χ1v) is 8.89. The molecular formula is C19H26N2O4. The molecule has 0 aromatic heterocycles. The smallest absolute Gasteiger partial charge is 0.225 e. The first-order valence-electron chi connectivity index (χ1n) is 8.89. The molecule has 136 valence electrons. The summed E-state index contributed by atoms with van der Waals surface area (Å²) in [7, 11) is 1.62. The van der Waals surface area contributed by atoms with Crippen molar-refractivity contribution < 1.29 is 19.1 Å². The summed E-state index contributed by atoms with van der Waals surface area (Å²) < 4.78 is 10.8. The van der Waals surface area contributed by atoms with Gasteiger partial charge in [-0.3, -0.25) is 9.59 Å². The van der Waals surface area contributed by atoms with Crippen molar-refractivity contribution in [2.24, 2.45) is 5.92 Å². The molecule has 1 N–H and O–H groups in total. The third kappa shape index (κ3) is 4.31. The van der Waals surface area contributed by atoms with Crippen molar-refractivity contribution in [2.45, 2.75) is 44.9 Å².